The molecule has 100 valence electrons. The number of allylic oxidation sites excluding steroid dienone is 2. The van der Waals surface area contributed by atoms with Gasteiger partial charge >= 0.3 is 5.97 Å². The molecule has 1 N–H and O–H groups in total. The molecule has 0 saturated carbocycles. The van der Waals surface area contributed by atoms with Gasteiger partial charge < -0.3 is 9.66 Å². The van der Waals surface area contributed by atoms with Crippen LogP contribution in [0.2, 0.25) is 0 Å². The maximum atomic E-state index is 12.3. The lowest BCUT2D eigenvalue weighted by Gasteiger charge is -2.13. The molecule has 1 rings (SSSR count). The first kappa shape index (κ1) is 15.2. The molecule has 1 aromatic carbocycles. The summed E-state index contributed by atoms with van der Waals surface area (Å²) in [5, 5.41) is 9.13. The van der Waals surface area contributed by atoms with E-state index in [1.54, 1.807) is 30.3 Å². The average molecular weight is 278 g/mol. The number of carboxylic acids is 1. The lowest BCUT2D eigenvalue weighted by Crippen LogP contribution is -2.18. The largest absolute Gasteiger partial charge is 0.606 e. The zero-order valence-electron chi connectivity index (χ0n) is 10.5. The summed E-state index contributed by atoms with van der Waals surface area (Å²) in [5.74, 6) is -1.77. The molecule has 1 aromatic rings. The molecule has 0 aliphatic heterocycles. The second kappa shape index (κ2) is 6.92. The van der Waals surface area contributed by atoms with E-state index in [0.29, 0.717) is 4.90 Å². The van der Waals surface area contributed by atoms with Gasteiger partial charge in [0.2, 0.25) is 10.7 Å². The number of carbonyl (C=O) groups is 2. The Labute approximate surface area is 114 Å². The number of carbonyl (C=O) groups excluding carboxylic acids is 1. The molecule has 0 heterocycles. The topological polar surface area (TPSA) is 77.4 Å². The molecule has 0 fully saturated rings. The quantitative estimate of drug-likeness (QED) is 0.492. The van der Waals surface area contributed by atoms with E-state index in [1.807, 2.05) is 0 Å². The van der Waals surface area contributed by atoms with E-state index in [1.165, 1.54) is 13.0 Å². The first-order valence-electron chi connectivity index (χ1n) is 5.54. The number of carboxylic acid groups (broad SMARTS) is 1. The van der Waals surface area contributed by atoms with E-state index >= 15 is 0 Å². The molecule has 0 bridgehead atoms. The van der Waals surface area contributed by atoms with Crippen molar-refractivity contribution in [2.24, 2.45) is 0 Å². The van der Waals surface area contributed by atoms with E-state index in [9.17, 15) is 14.1 Å². The van der Waals surface area contributed by atoms with Crippen molar-refractivity contribution in [2.75, 3.05) is 0 Å². The zero-order chi connectivity index (χ0) is 14.4. The summed E-state index contributed by atoms with van der Waals surface area (Å²) < 4.78 is 12.3. The van der Waals surface area contributed by atoms with Crippen molar-refractivity contribution in [1.29, 1.82) is 0 Å². The number of benzene rings is 1. The summed E-state index contributed by atoms with van der Waals surface area (Å²) in [6.07, 6.45) is 1.36. The Bertz CT molecular complexity index is 520. The van der Waals surface area contributed by atoms with Gasteiger partial charge in [0.15, 0.2) is 4.90 Å². The molecule has 0 spiro atoms. The summed E-state index contributed by atoms with van der Waals surface area (Å²) in [6, 6.07) is 8.29. The fourth-order valence-corrected chi connectivity index (χ4v) is 2.83. The summed E-state index contributed by atoms with van der Waals surface area (Å²) in [7, 11) is 0. The van der Waals surface area contributed by atoms with Crippen LogP contribution < -0.4 is 0 Å². The highest BCUT2D eigenvalue weighted by Crippen LogP contribution is 2.24. The number of Topliss-reactive ketones (excluding diaryl/α,β-unsaturated/α-hetero) is 1. The Balaban J connectivity index is 3.34. The Kier molecular flexibility index (Phi) is 5.54. The first-order chi connectivity index (χ1) is 8.99. The molecule has 1 atom stereocenters. The van der Waals surface area contributed by atoms with Gasteiger partial charge in [0.1, 0.15) is 0 Å². The normalized spacial score (nSPS) is 13.4. The fraction of sp³-hybridized carbons (Fsp3) is 0.143. The van der Waals surface area contributed by atoms with E-state index < -0.39 is 22.9 Å². The van der Waals surface area contributed by atoms with E-state index in [-0.39, 0.29) is 16.9 Å². The van der Waals surface area contributed by atoms with Gasteiger partial charge in [-0.3, -0.25) is 4.79 Å². The van der Waals surface area contributed by atoms with Crippen LogP contribution in [-0.4, -0.2) is 21.4 Å². The summed E-state index contributed by atoms with van der Waals surface area (Å²) >= 11 is -1.80. The van der Waals surface area contributed by atoms with E-state index in [2.05, 4.69) is 6.58 Å². The van der Waals surface area contributed by atoms with Crippen molar-refractivity contribution >= 4 is 22.9 Å². The van der Waals surface area contributed by atoms with Crippen LogP contribution in [0.3, 0.4) is 0 Å². The third-order valence-corrected chi connectivity index (χ3v) is 3.95. The van der Waals surface area contributed by atoms with Crippen LogP contribution >= 0.6 is 0 Å². The number of rotatable bonds is 6. The number of ketones is 1. The molecular formula is C14H14O4S. The van der Waals surface area contributed by atoms with Gasteiger partial charge in [0.05, 0.1) is 5.57 Å². The van der Waals surface area contributed by atoms with E-state index in [0.717, 1.165) is 0 Å². The molecule has 5 heteroatoms. The summed E-state index contributed by atoms with van der Waals surface area (Å²) in [5.41, 5.74) is -0.176. The molecule has 0 radical (unpaired) electrons. The molecule has 0 amide bonds. The summed E-state index contributed by atoms with van der Waals surface area (Å²) in [4.78, 5) is 23.0. The Morgan fingerprint density at radius 3 is 2.37 bits per heavy atom. The third kappa shape index (κ3) is 3.81. The Morgan fingerprint density at radius 1 is 1.37 bits per heavy atom. The number of aliphatic carboxylic acids is 1. The molecule has 0 aliphatic rings. The average Bonchev–Trinajstić information content (AvgIpc) is 2.38. The monoisotopic (exact) mass is 278 g/mol. The Morgan fingerprint density at radius 2 is 1.95 bits per heavy atom. The van der Waals surface area contributed by atoms with Crippen molar-refractivity contribution in [3.8, 4) is 0 Å². The maximum Gasteiger partial charge on any atom is 0.337 e. The fourth-order valence-electron chi connectivity index (χ4n) is 1.54. The van der Waals surface area contributed by atoms with Gasteiger partial charge in [-0.05, 0) is 12.1 Å². The van der Waals surface area contributed by atoms with Gasteiger partial charge in [-0.2, -0.15) is 0 Å². The molecule has 1 unspecified atom stereocenters. The van der Waals surface area contributed by atoms with Gasteiger partial charge in [-0.1, -0.05) is 24.3 Å². The summed E-state index contributed by atoms with van der Waals surface area (Å²) in [6.45, 7) is 4.66. The predicted octanol–water partition coefficient (Wildman–Crippen LogP) is 2.30. The highest BCUT2D eigenvalue weighted by Gasteiger charge is 2.29. The third-order valence-electron chi connectivity index (χ3n) is 2.34. The van der Waals surface area contributed by atoms with Crippen molar-refractivity contribution in [1.82, 2.24) is 0 Å². The van der Waals surface area contributed by atoms with Crippen LogP contribution in [0.4, 0.5) is 0 Å². The lowest BCUT2D eigenvalue weighted by atomic mass is 10.1. The van der Waals surface area contributed by atoms with Crippen LogP contribution in [0.25, 0.3) is 0 Å². The lowest BCUT2D eigenvalue weighted by molar-refractivity contribution is -0.133. The molecule has 4 nitrogen and oxygen atoms in total. The molecule has 0 aliphatic carbocycles. The van der Waals surface area contributed by atoms with Crippen LogP contribution in [-0.2, 0) is 20.8 Å². The van der Waals surface area contributed by atoms with Crippen LogP contribution in [0.5, 0.6) is 0 Å². The first-order valence-corrected chi connectivity index (χ1v) is 6.69. The zero-order valence-corrected chi connectivity index (χ0v) is 11.3. The number of hydrogen-bond donors (Lipinski definition) is 1. The predicted molar refractivity (Wildman–Crippen MR) is 73.0 cm³/mol. The molecule has 0 aromatic heterocycles. The highest BCUT2D eigenvalue weighted by atomic mass is 32.2. The smallest absolute Gasteiger partial charge is 0.337 e. The SMILES string of the molecule is C=CCC(C(=O)O)=C(C(C)=O)[S+]([O-])c1ccccc1. The molecular weight excluding hydrogens is 264 g/mol. The minimum atomic E-state index is -1.80. The van der Waals surface area contributed by atoms with Crippen molar-refractivity contribution in [3.05, 3.63) is 53.5 Å². The van der Waals surface area contributed by atoms with Gasteiger partial charge in [-0.15, -0.1) is 6.58 Å². The second-order valence-corrected chi connectivity index (χ2v) is 5.16. The van der Waals surface area contributed by atoms with Crippen LogP contribution in [0.1, 0.15) is 13.3 Å². The van der Waals surface area contributed by atoms with Crippen molar-refractivity contribution in [2.45, 2.75) is 18.2 Å². The molecule has 19 heavy (non-hydrogen) atoms. The number of hydrogen-bond acceptors (Lipinski definition) is 3. The molecule has 0 saturated heterocycles. The van der Waals surface area contributed by atoms with E-state index in [4.69, 9.17) is 5.11 Å². The standard InChI is InChI=1S/C14H14O4S/c1-3-7-12(14(16)17)13(10(2)15)19(18)11-8-5-4-6-9-11/h3-6,8-9H,1,7H2,2H3,(H,16,17). The minimum absolute atomic E-state index is 0.0111. The maximum absolute atomic E-state index is 12.3. The highest BCUT2D eigenvalue weighted by molar-refractivity contribution is 7.96. The van der Waals surface area contributed by atoms with Crippen molar-refractivity contribution in [3.63, 3.8) is 0 Å². The van der Waals surface area contributed by atoms with Crippen LogP contribution in [0, 0.1) is 0 Å². The van der Waals surface area contributed by atoms with Gasteiger partial charge in [-0.25, -0.2) is 4.79 Å². The van der Waals surface area contributed by atoms with Crippen molar-refractivity contribution < 1.29 is 19.2 Å². The Hall–Kier alpha value is -1.85. The second-order valence-electron chi connectivity index (χ2n) is 3.74. The minimum Gasteiger partial charge on any atom is -0.606 e. The van der Waals surface area contributed by atoms with Crippen LogP contribution in [0.15, 0.2) is 58.4 Å². The van der Waals surface area contributed by atoms with Gasteiger partial charge in [0, 0.05) is 24.5 Å². The van der Waals surface area contributed by atoms with Gasteiger partial charge in [0.25, 0.3) is 0 Å².